The van der Waals surface area contributed by atoms with Crippen LogP contribution in [0.3, 0.4) is 0 Å². The lowest BCUT2D eigenvalue weighted by molar-refractivity contribution is 0.0944. The van der Waals surface area contributed by atoms with E-state index in [1.807, 2.05) is 17.5 Å². The Bertz CT molecular complexity index is 514. The fraction of sp³-hybridized carbons (Fsp3) is 0.222. The monoisotopic (exact) mass is 238 g/mol. The first-order valence-corrected chi connectivity index (χ1v) is 5.59. The average molecular weight is 238 g/mol. The molecule has 2 heterocycles. The third-order valence-corrected chi connectivity index (χ3v) is 2.89. The Morgan fingerprint density at radius 3 is 3.06 bits per heavy atom. The number of carbonyl (C=O) groups is 1. The van der Waals surface area contributed by atoms with Crippen LogP contribution in [0.25, 0.3) is 0 Å². The lowest BCUT2D eigenvalue weighted by Crippen LogP contribution is -2.26. The van der Waals surface area contributed by atoms with Crippen molar-refractivity contribution in [1.82, 2.24) is 20.5 Å². The number of amides is 1. The molecule has 3 N–H and O–H groups in total. The van der Waals surface area contributed by atoms with Gasteiger partial charge >= 0.3 is 5.69 Å². The van der Waals surface area contributed by atoms with E-state index in [0.717, 1.165) is 6.42 Å². The Labute approximate surface area is 94.7 Å². The van der Waals surface area contributed by atoms with Crippen LogP contribution in [0.4, 0.5) is 0 Å². The number of nitrogens with zero attached hydrogens (tertiary/aromatic N) is 1. The summed E-state index contributed by atoms with van der Waals surface area (Å²) in [5.74, 6) is -0.369. The van der Waals surface area contributed by atoms with Crippen LogP contribution in [-0.2, 0) is 6.42 Å². The quantitative estimate of drug-likeness (QED) is 0.707. The summed E-state index contributed by atoms with van der Waals surface area (Å²) in [5.41, 5.74) is -0.483. The second-order valence-electron chi connectivity index (χ2n) is 3.11. The number of nitrogens with one attached hydrogen (secondary N) is 3. The SMILES string of the molecule is O=C(NCCc1cccs1)c1n[nH]c(=O)[nH]1. The summed E-state index contributed by atoms with van der Waals surface area (Å²) in [4.78, 5) is 25.6. The number of H-pyrrole nitrogens is 2. The minimum atomic E-state index is -0.483. The molecule has 1 amide bonds. The first-order valence-electron chi connectivity index (χ1n) is 4.71. The maximum Gasteiger partial charge on any atom is 0.341 e. The standard InChI is InChI=1S/C9H10N4O2S/c14-8(7-11-9(15)13-12-7)10-4-3-6-2-1-5-16-6/h1-2,5H,3-4H2,(H,10,14)(H2,11,12,13,15). The number of carbonyl (C=O) groups excluding carboxylic acids is 1. The Balaban J connectivity index is 1.82. The van der Waals surface area contributed by atoms with Crippen LogP contribution in [0.5, 0.6) is 0 Å². The molecule has 0 aromatic carbocycles. The smallest absolute Gasteiger partial charge is 0.341 e. The van der Waals surface area contributed by atoms with Crippen molar-refractivity contribution < 1.29 is 4.79 Å². The van der Waals surface area contributed by atoms with E-state index >= 15 is 0 Å². The van der Waals surface area contributed by atoms with E-state index in [1.54, 1.807) is 11.3 Å². The van der Waals surface area contributed by atoms with E-state index < -0.39 is 5.69 Å². The van der Waals surface area contributed by atoms with Gasteiger partial charge in [0.2, 0.25) is 5.82 Å². The third kappa shape index (κ3) is 2.57. The second-order valence-corrected chi connectivity index (χ2v) is 4.14. The van der Waals surface area contributed by atoms with Crippen LogP contribution in [-0.4, -0.2) is 27.6 Å². The fourth-order valence-corrected chi connectivity index (χ4v) is 1.92. The molecule has 0 aliphatic rings. The van der Waals surface area contributed by atoms with Crippen LogP contribution in [0.2, 0.25) is 0 Å². The van der Waals surface area contributed by atoms with Crippen molar-refractivity contribution >= 4 is 17.2 Å². The molecule has 0 spiro atoms. The van der Waals surface area contributed by atoms with Gasteiger partial charge in [-0.25, -0.2) is 9.89 Å². The number of thiophene rings is 1. The summed E-state index contributed by atoms with van der Waals surface area (Å²) in [6.07, 6.45) is 0.776. The van der Waals surface area contributed by atoms with Gasteiger partial charge in [0.1, 0.15) is 0 Å². The normalized spacial score (nSPS) is 10.2. The van der Waals surface area contributed by atoms with Crippen molar-refractivity contribution in [3.8, 4) is 0 Å². The molecule has 0 saturated carbocycles. The zero-order valence-electron chi connectivity index (χ0n) is 8.32. The van der Waals surface area contributed by atoms with Gasteiger partial charge in [-0.05, 0) is 17.9 Å². The van der Waals surface area contributed by atoms with Crippen molar-refractivity contribution in [1.29, 1.82) is 0 Å². The van der Waals surface area contributed by atoms with E-state index in [9.17, 15) is 9.59 Å². The molecule has 16 heavy (non-hydrogen) atoms. The molecule has 84 valence electrons. The van der Waals surface area contributed by atoms with Crippen LogP contribution in [0.1, 0.15) is 15.5 Å². The molecule has 0 radical (unpaired) electrons. The van der Waals surface area contributed by atoms with Crippen molar-refractivity contribution in [2.24, 2.45) is 0 Å². The molecule has 0 aliphatic carbocycles. The molecule has 0 bridgehead atoms. The van der Waals surface area contributed by atoms with Crippen molar-refractivity contribution in [3.63, 3.8) is 0 Å². The summed E-state index contributed by atoms with van der Waals surface area (Å²) >= 11 is 1.64. The van der Waals surface area contributed by atoms with E-state index in [2.05, 4.69) is 20.5 Å². The second kappa shape index (κ2) is 4.75. The van der Waals surface area contributed by atoms with E-state index in [-0.39, 0.29) is 11.7 Å². The topological polar surface area (TPSA) is 90.6 Å². The molecular formula is C9H10N4O2S. The molecule has 0 saturated heterocycles. The highest BCUT2D eigenvalue weighted by Gasteiger charge is 2.08. The summed E-state index contributed by atoms with van der Waals surface area (Å²) in [6.45, 7) is 0.522. The zero-order chi connectivity index (χ0) is 11.4. The molecule has 7 heteroatoms. The van der Waals surface area contributed by atoms with Crippen LogP contribution >= 0.6 is 11.3 Å². The number of hydrogen-bond acceptors (Lipinski definition) is 4. The molecule has 0 unspecified atom stereocenters. The van der Waals surface area contributed by atoms with Gasteiger partial charge in [-0.3, -0.25) is 9.78 Å². The maximum atomic E-state index is 11.4. The predicted molar refractivity (Wildman–Crippen MR) is 59.6 cm³/mol. The van der Waals surface area contributed by atoms with Gasteiger partial charge in [0, 0.05) is 11.4 Å². The molecule has 0 aliphatic heterocycles. The highest BCUT2D eigenvalue weighted by Crippen LogP contribution is 2.07. The first-order chi connectivity index (χ1) is 7.75. The molecule has 0 fully saturated rings. The average Bonchev–Trinajstić information content (AvgIpc) is 2.89. The van der Waals surface area contributed by atoms with Gasteiger partial charge in [-0.15, -0.1) is 16.4 Å². The summed E-state index contributed by atoms with van der Waals surface area (Å²) in [5, 5.41) is 10.3. The molecular weight excluding hydrogens is 228 g/mol. The number of hydrogen-bond donors (Lipinski definition) is 3. The van der Waals surface area contributed by atoms with Crippen LogP contribution < -0.4 is 11.0 Å². The number of rotatable bonds is 4. The maximum absolute atomic E-state index is 11.4. The van der Waals surface area contributed by atoms with E-state index in [0.29, 0.717) is 6.54 Å². The minimum Gasteiger partial charge on any atom is -0.349 e. The van der Waals surface area contributed by atoms with E-state index in [4.69, 9.17) is 0 Å². The van der Waals surface area contributed by atoms with Crippen LogP contribution in [0.15, 0.2) is 22.3 Å². The zero-order valence-corrected chi connectivity index (χ0v) is 9.13. The minimum absolute atomic E-state index is 0.0104. The van der Waals surface area contributed by atoms with Crippen molar-refractivity contribution in [2.45, 2.75) is 6.42 Å². The van der Waals surface area contributed by atoms with E-state index in [1.165, 1.54) is 4.88 Å². The largest absolute Gasteiger partial charge is 0.349 e. The Hall–Kier alpha value is -1.89. The molecule has 6 nitrogen and oxygen atoms in total. The predicted octanol–water partition coefficient (Wildman–Crippen LogP) is 0.132. The third-order valence-electron chi connectivity index (χ3n) is 1.95. The van der Waals surface area contributed by atoms with Crippen molar-refractivity contribution in [3.05, 3.63) is 38.7 Å². The van der Waals surface area contributed by atoms with Gasteiger partial charge < -0.3 is 5.32 Å². The number of aromatic amines is 2. The first kappa shape index (κ1) is 10.6. The Morgan fingerprint density at radius 1 is 1.56 bits per heavy atom. The van der Waals surface area contributed by atoms with Gasteiger partial charge in [0.25, 0.3) is 5.91 Å². The fourth-order valence-electron chi connectivity index (χ4n) is 1.22. The molecule has 2 aromatic rings. The van der Waals surface area contributed by atoms with Crippen molar-refractivity contribution in [2.75, 3.05) is 6.54 Å². The molecule has 2 aromatic heterocycles. The molecule has 0 atom stereocenters. The van der Waals surface area contributed by atoms with Gasteiger partial charge in [-0.2, -0.15) is 0 Å². The number of aromatic nitrogens is 3. The van der Waals surface area contributed by atoms with Gasteiger partial charge in [0.05, 0.1) is 0 Å². The van der Waals surface area contributed by atoms with Gasteiger partial charge in [-0.1, -0.05) is 6.07 Å². The summed E-state index contributed by atoms with van der Waals surface area (Å²) in [7, 11) is 0. The lowest BCUT2D eigenvalue weighted by atomic mass is 10.3. The summed E-state index contributed by atoms with van der Waals surface area (Å²) in [6, 6.07) is 3.97. The Morgan fingerprint density at radius 2 is 2.44 bits per heavy atom. The highest BCUT2D eigenvalue weighted by molar-refractivity contribution is 7.09. The van der Waals surface area contributed by atoms with Gasteiger partial charge in [0.15, 0.2) is 0 Å². The highest BCUT2D eigenvalue weighted by atomic mass is 32.1. The molecule has 2 rings (SSSR count). The summed E-state index contributed by atoms with van der Waals surface area (Å²) < 4.78 is 0. The lowest BCUT2D eigenvalue weighted by Gasteiger charge is -2.00. The van der Waals surface area contributed by atoms with Crippen LogP contribution in [0, 0.1) is 0 Å². The Kier molecular flexibility index (Phi) is 3.16.